The third-order valence-electron chi connectivity index (χ3n) is 3.53. The van der Waals surface area contributed by atoms with Gasteiger partial charge in [-0.1, -0.05) is 13.8 Å². The smallest absolute Gasteiger partial charge is 0.123 e. The van der Waals surface area contributed by atoms with Crippen molar-refractivity contribution < 1.29 is 4.39 Å². The lowest BCUT2D eigenvalue weighted by molar-refractivity contribution is 0.313. The molecule has 0 atom stereocenters. The molecule has 0 spiro atoms. The molecule has 0 bridgehead atoms. The summed E-state index contributed by atoms with van der Waals surface area (Å²) in [5, 5.41) is 0. The van der Waals surface area contributed by atoms with Gasteiger partial charge in [0.05, 0.1) is 0 Å². The first-order valence-electron chi connectivity index (χ1n) is 6.31. The molecule has 96 valence electrons. The van der Waals surface area contributed by atoms with Gasteiger partial charge in [-0.2, -0.15) is 0 Å². The molecule has 0 unspecified atom stereocenters. The average molecular weight is 237 g/mol. The zero-order valence-corrected chi connectivity index (χ0v) is 11.4. The van der Waals surface area contributed by atoms with E-state index in [1.54, 1.807) is 12.1 Å². The summed E-state index contributed by atoms with van der Waals surface area (Å²) in [5.74, 6) is -0.134. The lowest BCUT2D eigenvalue weighted by Gasteiger charge is -2.24. The van der Waals surface area contributed by atoms with Crippen LogP contribution in [0.15, 0.2) is 12.1 Å². The van der Waals surface area contributed by atoms with Crippen LogP contribution < -0.4 is 5.73 Å². The van der Waals surface area contributed by atoms with Crippen LogP contribution in [0.5, 0.6) is 0 Å². The van der Waals surface area contributed by atoms with Crippen molar-refractivity contribution in [3.8, 4) is 0 Å². The van der Waals surface area contributed by atoms with Gasteiger partial charge >= 0.3 is 0 Å². The zero-order valence-electron chi connectivity index (χ0n) is 11.4. The van der Waals surface area contributed by atoms with Crippen molar-refractivity contribution in [2.45, 2.75) is 47.0 Å². The number of aryl methyl sites for hydroxylation is 2. The van der Waals surface area contributed by atoms with Gasteiger partial charge in [0.15, 0.2) is 0 Å². The fourth-order valence-electron chi connectivity index (χ4n) is 2.31. The highest BCUT2D eigenvalue weighted by atomic mass is 19.1. The van der Waals surface area contributed by atoms with Crippen molar-refractivity contribution in [3.63, 3.8) is 0 Å². The third-order valence-corrected chi connectivity index (χ3v) is 3.53. The minimum absolute atomic E-state index is 0.134. The molecule has 0 amide bonds. The summed E-state index contributed by atoms with van der Waals surface area (Å²) in [6.45, 7) is 9.19. The normalized spacial score (nSPS) is 11.9. The maximum absolute atomic E-state index is 13.2. The zero-order chi connectivity index (χ0) is 13.1. The topological polar surface area (TPSA) is 26.0 Å². The van der Waals surface area contributed by atoms with Crippen LogP contribution in [0.25, 0.3) is 0 Å². The van der Waals surface area contributed by atoms with Gasteiger partial charge in [0, 0.05) is 0 Å². The minimum atomic E-state index is -0.134. The summed E-state index contributed by atoms with van der Waals surface area (Å²) >= 11 is 0. The molecular formula is C15H24FN. The molecule has 1 rings (SSSR count). The van der Waals surface area contributed by atoms with Crippen molar-refractivity contribution in [1.82, 2.24) is 0 Å². The fourth-order valence-corrected chi connectivity index (χ4v) is 2.31. The van der Waals surface area contributed by atoms with E-state index < -0.39 is 0 Å². The summed E-state index contributed by atoms with van der Waals surface area (Å²) in [6, 6.07) is 3.25. The predicted molar refractivity (Wildman–Crippen MR) is 71.6 cm³/mol. The molecule has 0 heterocycles. The van der Waals surface area contributed by atoms with Gasteiger partial charge in [-0.05, 0) is 73.9 Å². The Balaban J connectivity index is 2.76. The SMILES string of the molecule is Cc1cc(F)cc(C)c1CCC(C)(C)CCN. The largest absolute Gasteiger partial charge is 0.330 e. The first kappa shape index (κ1) is 14.2. The van der Waals surface area contributed by atoms with Crippen molar-refractivity contribution in [1.29, 1.82) is 0 Å². The molecule has 0 aliphatic carbocycles. The van der Waals surface area contributed by atoms with Crippen molar-refractivity contribution in [2.24, 2.45) is 11.1 Å². The number of nitrogens with two attached hydrogens (primary N) is 1. The van der Waals surface area contributed by atoms with E-state index in [0.717, 1.165) is 36.9 Å². The molecule has 0 fully saturated rings. The number of hydrogen-bond donors (Lipinski definition) is 1. The van der Waals surface area contributed by atoms with Crippen LogP contribution in [0.4, 0.5) is 4.39 Å². The molecule has 17 heavy (non-hydrogen) atoms. The quantitative estimate of drug-likeness (QED) is 0.829. The molecule has 2 heteroatoms. The molecule has 0 aliphatic rings. The van der Waals surface area contributed by atoms with Gasteiger partial charge in [0.1, 0.15) is 5.82 Å². The van der Waals surface area contributed by atoms with E-state index in [2.05, 4.69) is 13.8 Å². The molecular weight excluding hydrogens is 213 g/mol. The Morgan fingerprint density at radius 3 is 2.12 bits per heavy atom. The van der Waals surface area contributed by atoms with Crippen molar-refractivity contribution >= 4 is 0 Å². The number of benzene rings is 1. The van der Waals surface area contributed by atoms with Crippen LogP contribution in [0.2, 0.25) is 0 Å². The minimum Gasteiger partial charge on any atom is -0.330 e. The molecule has 1 aromatic carbocycles. The Morgan fingerprint density at radius 1 is 1.12 bits per heavy atom. The van der Waals surface area contributed by atoms with Crippen LogP contribution >= 0.6 is 0 Å². The van der Waals surface area contributed by atoms with Gasteiger partial charge in [-0.15, -0.1) is 0 Å². The van der Waals surface area contributed by atoms with Gasteiger partial charge < -0.3 is 5.73 Å². The second-order valence-corrected chi connectivity index (χ2v) is 5.72. The summed E-state index contributed by atoms with van der Waals surface area (Å²) < 4.78 is 13.2. The van der Waals surface area contributed by atoms with Crippen molar-refractivity contribution in [2.75, 3.05) is 6.54 Å². The van der Waals surface area contributed by atoms with E-state index >= 15 is 0 Å². The first-order valence-corrected chi connectivity index (χ1v) is 6.31. The molecule has 0 saturated carbocycles. The van der Waals surface area contributed by atoms with Crippen molar-refractivity contribution in [3.05, 3.63) is 34.6 Å². The maximum atomic E-state index is 13.2. The van der Waals surface area contributed by atoms with E-state index in [4.69, 9.17) is 5.73 Å². The Labute approximate surface area is 104 Å². The highest BCUT2D eigenvalue weighted by molar-refractivity contribution is 5.34. The Kier molecular flexibility index (Phi) is 4.70. The summed E-state index contributed by atoms with van der Waals surface area (Å²) in [4.78, 5) is 0. The van der Waals surface area contributed by atoms with Crippen LogP contribution in [-0.2, 0) is 6.42 Å². The Morgan fingerprint density at radius 2 is 1.65 bits per heavy atom. The molecule has 0 radical (unpaired) electrons. The van der Waals surface area contributed by atoms with Crippen LogP contribution in [0, 0.1) is 25.1 Å². The Bertz CT molecular complexity index is 360. The highest BCUT2D eigenvalue weighted by Crippen LogP contribution is 2.28. The van der Waals surface area contributed by atoms with Crippen LogP contribution in [-0.4, -0.2) is 6.54 Å². The van der Waals surface area contributed by atoms with Crippen LogP contribution in [0.3, 0.4) is 0 Å². The molecule has 0 aromatic heterocycles. The number of halogens is 1. The average Bonchev–Trinajstić information content (AvgIpc) is 2.15. The van der Waals surface area contributed by atoms with E-state index in [-0.39, 0.29) is 11.2 Å². The molecule has 0 saturated heterocycles. The summed E-state index contributed by atoms with van der Waals surface area (Å²) in [6.07, 6.45) is 3.13. The summed E-state index contributed by atoms with van der Waals surface area (Å²) in [7, 11) is 0. The first-order chi connectivity index (χ1) is 7.85. The molecule has 0 aliphatic heterocycles. The third kappa shape index (κ3) is 4.12. The van der Waals surface area contributed by atoms with E-state index in [0.29, 0.717) is 0 Å². The Hall–Kier alpha value is -0.890. The lowest BCUT2D eigenvalue weighted by atomic mass is 9.82. The second-order valence-electron chi connectivity index (χ2n) is 5.72. The highest BCUT2D eigenvalue weighted by Gasteiger charge is 2.17. The standard InChI is InChI=1S/C15H24FN/c1-11-9-13(16)10-12(2)14(11)5-6-15(3,4)7-8-17/h9-10H,5-8,17H2,1-4H3. The molecule has 1 nitrogen and oxygen atoms in total. The van der Waals surface area contributed by atoms with Gasteiger partial charge in [0.25, 0.3) is 0 Å². The molecule has 2 N–H and O–H groups in total. The monoisotopic (exact) mass is 237 g/mol. The second kappa shape index (κ2) is 5.63. The van der Waals surface area contributed by atoms with Gasteiger partial charge in [-0.3, -0.25) is 0 Å². The van der Waals surface area contributed by atoms with E-state index in [1.165, 1.54) is 5.56 Å². The predicted octanol–water partition coefficient (Wildman–Crippen LogP) is 3.75. The van der Waals surface area contributed by atoms with Gasteiger partial charge in [-0.25, -0.2) is 4.39 Å². The van der Waals surface area contributed by atoms with E-state index in [1.807, 2.05) is 13.8 Å². The lowest BCUT2D eigenvalue weighted by Crippen LogP contribution is -2.18. The van der Waals surface area contributed by atoms with Gasteiger partial charge in [0.2, 0.25) is 0 Å². The fraction of sp³-hybridized carbons (Fsp3) is 0.600. The number of rotatable bonds is 5. The maximum Gasteiger partial charge on any atom is 0.123 e. The van der Waals surface area contributed by atoms with E-state index in [9.17, 15) is 4.39 Å². The number of hydrogen-bond acceptors (Lipinski definition) is 1. The molecule has 1 aromatic rings. The summed E-state index contributed by atoms with van der Waals surface area (Å²) in [5.41, 5.74) is 9.29. The van der Waals surface area contributed by atoms with Crippen LogP contribution in [0.1, 0.15) is 43.4 Å².